The minimum absolute atomic E-state index is 0.0649. The normalized spacial score (nSPS) is 12.4. The molecule has 0 aliphatic rings. The van der Waals surface area contributed by atoms with E-state index in [9.17, 15) is 0 Å². The molecular weight excluding hydrogens is 443 g/mol. The third kappa shape index (κ3) is 5.15. The number of alkyl halides is 6. The molecule has 0 N–H and O–H groups in total. The zero-order valence-electron chi connectivity index (χ0n) is 11.3. The first-order valence-electron chi connectivity index (χ1n) is 6.16. The van der Waals surface area contributed by atoms with Gasteiger partial charge >= 0.3 is 0 Å². The van der Waals surface area contributed by atoms with Gasteiger partial charge in [-0.15, -0.1) is 23.2 Å². The fourth-order valence-corrected chi connectivity index (χ4v) is 2.79. The third-order valence-corrected chi connectivity index (χ3v) is 5.99. The molecule has 10 heteroatoms. The van der Waals surface area contributed by atoms with Gasteiger partial charge in [-0.3, -0.25) is 0 Å². The first kappa shape index (κ1) is 19.6. The van der Waals surface area contributed by atoms with Crippen LogP contribution in [0.3, 0.4) is 0 Å². The molecule has 0 saturated heterocycles. The van der Waals surface area contributed by atoms with E-state index >= 15 is 0 Å². The van der Waals surface area contributed by atoms with Crippen LogP contribution in [0.4, 0.5) is 0 Å². The van der Waals surface area contributed by atoms with Gasteiger partial charge in [-0.1, -0.05) is 64.6 Å². The molecular formula is C13H9Cl6N3S. The van der Waals surface area contributed by atoms with Crippen molar-refractivity contribution in [1.82, 2.24) is 15.0 Å². The quantitative estimate of drug-likeness (QED) is 0.523. The van der Waals surface area contributed by atoms with Crippen LogP contribution in [-0.4, -0.2) is 26.7 Å². The number of benzene rings is 1. The van der Waals surface area contributed by atoms with Crippen molar-refractivity contribution in [2.24, 2.45) is 0 Å². The van der Waals surface area contributed by atoms with Gasteiger partial charge < -0.3 is 0 Å². The van der Waals surface area contributed by atoms with Crippen LogP contribution < -0.4 is 0 Å². The Balaban J connectivity index is 2.49. The van der Waals surface area contributed by atoms with E-state index in [1.165, 1.54) is 11.8 Å². The van der Waals surface area contributed by atoms with Gasteiger partial charge in [-0.25, -0.2) is 15.0 Å². The van der Waals surface area contributed by atoms with Gasteiger partial charge in [-0.05, 0) is 23.9 Å². The number of nitrogens with zero attached hydrogens (tertiary/aromatic N) is 3. The van der Waals surface area contributed by atoms with Gasteiger partial charge in [0.2, 0.25) is 0 Å². The summed E-state index contributed by atoms with van der Waals surface area (Å²) in [5, 5.41) is 0.336. The zero-order chi connectivity index (χ0) is 17.1. The predicted molar refractivity (Wildman–Crippen MR) is 98.6 cm³/mol. The molecule has 0 saturated carbocycles. The van der Waals surface area contributed by atoms with E-state index in [0.29, 0.717) is 5.16 Å². The highest BCUT2D eigenvalue weighted by Crippen LogP contribution is 2.38. The Morgan fingerprint density at radius 3 is 1.70 bits per heavy atom. The molecule has 3 nitrogen and oxygen atoms in total. The van der Waals surface area contributed by atoms with E-state index in [4.69, 9.17) is 69.6 Å². The van der Waals surface area contributed by atoms with E-state index in [2.05, 4.69) is 15.0 Å². The van der Waals surface area contributed by atoms with Crippen molar-refractivity contribution in [2.45, 2.75) is 18.7 Å². The van der Waals surface area contributed by atoms with E-state index in [1.807, 2.05) is 30.3 Å². The zero-order valence-corrected chi connectivity index (χ0v) is 16.7. The van der Waals surface area contributed by atoms with Crippen molar-refractivity contribution >= 4 is 81.4 Å². The highest BCUT2D eigenvalue weighted by Gasteiger charge is 2.35. The lowest BCUT2D eigenvalue weighted by molar-refractivity contribution is 0.701. The number of aromatic nitrogens is 3. The summed E-state index contributed by atoms with van der Waals surface area (Å²) in [6, 6.07) is 9.49. The monoisotopic (exact) mass is 449 g/mol. The van der Waals surface area contributed by atoms with Crippen molar-refractivity contribution in [3.8, 4) is 0 Å². The Labute approximate surface area is 168 Å². The fraction of sp³-hybridized carbons (Fsp3) is 0.308. The van der Waals surface area contributed by atoms with Gasteiger partial charge in [0.05, 0.1) is 11.8 Å². The minimum Gasteiger partial charge on any atom is -0.211 e. The summed E-state index contributed by atoms with van der Waals surface area (Å²) in [7, 11) is 0. The fourth-order valence-electron chi connectivity index (χ4n) is 1.44. The van der Waals surface area contributed by atoms with E-state index in [0.717, 1.165) is 4.90 Å². The molecule has 23 heavy (non-hydrogen) atoms. The van der Waals surface area contributed by atoms with Gasteiger partial charge in [0, 0.05) is 4.90 Å². The lowest BCUT2D eigenvalue weighted by atomic mass is 10.4. The van der Waals surface area contributed by atoms with Crippen LogP contribution in [0.2, 0.25) is 0 Å². The van der Waals surface area contributed by atoms with Crippen molar-refractivity contribution in [3.05, 3.63) is 42.0 Å². The number of hydrogen-bond acceptors (Lipinski definition) is 4. The maximum absolute atomic E-state index is 6.14. The average Bonchev–Trinajstić information content (AvgIpc) is 2.55. The molecule has 0 bridgehead atoms. The van der Waals surface area contributed by atoms with Gasteiger partial charge in [0.25, 0.3) is 0 Å². The van der Waals surface area contributed by atoms with Crippen LogP contribution in [0.5, 0.6) is 0 Å². The number of rotatable bonds is 6. The van der Waals surface area contributed by atoms with Gasteiger partial charge in [0.1, 0.15) is 0 Å². The molecule has 0 amide bonds. The van der Waals surface area contributed by atoms with Crippen molar-refractivity contribution in [1.29, 1.82) is 0 Å². The molecule has 0 aliphatic heterocycles. The summed E-state index contributed by atoms with van der Waals surface area (Å²) in [6.07, 6.45) is 0. The SMILES string of the molecule is ClCC(Cl)(Cl)c1nc(Sc2ccccc2)nc(C(Cl)(Cl)CCl)n1. The second-order valence-corrected chi connectivity index (χ2v) is 8.90. The highest BCUT2D eigenvalue weighted by molar-refractivity contribution is 7.99. The van der Waals surface area contributed by atoms with Crippen LogP contribution >= 0.6 is 81.4 Å². The van der Waals surface area contributed by atoms with Crippen molar-refractivity contribution in [3.63, 3.8) is 0 Å². The number of halogens is 6. The van der Waals surface area contributed by atoms with Crippen molar-refractivity contribution < 1.29 is 0 Å². The third-order valence-electron chi connectivity index (χ3n) is 2.56. The van der Waals surface area contributed by atoms with Gasteiger partial charge in [0.15, 0.2) is 25.5 Å². The molecule has 0 atom stereocenters. The average molecular weight is 452 g/mol. The number of hydrogen-bond donors (Lipinski definition) is 0. The Kier molecular flexibility index (Phi) is 6.95. The van der Waals surface area contributed by atoms with Crippen molar-refractivity contribution in [2.75, 3.05) is 11.8 Å². The van der Waals surface area contributed by atoms with E-state index in [-0.39, 0.29) is 23.4 Å². The Bertz CT molecular complexity index is 634. The molecule has 0 aliphatic carbocycles. The van der Waals surface area contributed by atoms with Crippen LogP contribution in [0, 0.1) is 0 Å². The first-order valence-corrected chi connectivity index (χ1v) is 9.56. The smallest absolute Gasteiger partial charge is 0.196 e. The summed E-state index contributed by atoms with van der Waals surface area (Å²) < 4.78 is -3.00. The minimum atomic E-state index is -1.50. The summed E-state index contributed by atoms with van der Waals surface area (Å²) in [5.41, 5.74) is 0. The lowest BCUT2D eigenvalue weighted by Gasteiger charge is -2.20. The first-order chi connectivity index (χ1) is 10.8. The molecule has 124 valence electrons. The molecule has 2 rings (SSSR count). The Hall–Kier alpha value is 0.320. The van der Waals surface area contributed by atoms with Crippen LogP contribution in [0.25, 0.3) is 0 Å². The largest absolute Gasteiger partial charge is 0.211 e. The highest BCUT2D eigenvalue weighted by atomic mass is 35.5. The molecule has 1 aromatic heterocycles. The Morgan fingerprint density at radius 1 is 0.783 bits per heavy atom. The van der Waals surface area contributed by atoms with Crippen LogP contribution in [0.1, 0.15) is 11.6 Å². The molecule has 0 unspecified atom stereocenters. The standard InChI is InChI=1S/C13H9Cl6N3S/c14-6-12(16,17)9-20-10(13(18,19)7-15)22-11(21-9)23-8-4-2-1-3-5-8/h1-5H,6-7H2. The second-order valence-electron chi connectivity index (χ2n) is 4.36. The van der Waals surface area contributed by atoms with Gasteiger partial charge in [-0.2, -0.15) is 0 Å². The van der Waals surface area contributed by atoms with Crippen LogP contribution in [-0.2, 0) is 8.67 Å². The lowest BCUT2D eigenvalue weighted by Crippen LogP contribution is -2.24. The van der Waals surface area contributed by atoms with Crippen LogP contribution in [0.15, 0.2) is 40.4 Å². The molecule has 0 spiro atoms. The Morgan fingerprint density at radius 2 is 1.26 bits per heavy atom. The molecule has 0 fully saturated rings. The summed E-state index contributed by atoms with van der Waals surface area (Å²) in [4.78, 5) is 13.5. The summed E-state index contributed by atoms with van der Waals surface area (Å²) >= 11 is 37.4. The van der Waals surface area contributed by atoms with E-state index in [1.54, 1.807) is 0 Å². The summed E-state index contributed by atoms with van der Waals surface area (Å²) in [5.74, 6) is -0.105. The summed E-state index contributed by atoms with van der Waals surface area (Å²) in [6.45, 7) is 0. The van der Waals surface area contributed by atoms with E-state index < -0.39 is 8.67 Å². The second kappa shape index (κ2) is 8.13. The predicted octanol–water partition coefficient (Wildman–Crippen LogP) is 5.76. The molecule has 0 radical (unpaired) electrons. The molecule has 2 aromatic rings. The molecule has 1 heterocycles. The topological polar surface area (TPSA) is 38.7 Å². The maximum atomic E-state index is 6.14. The molecule has 1 aromatic carbocycles. The maximum Gasteiger partial charge on any atom is 0.196 e.